The minimum atomic E-state index is -0.0830. The number of hydrogen-bond acceptors (Lipinski definition) is 4. The SMILES string of the molecule is CC(C)NC(=O)CCNc1ccc(C(=O)N(C)C)cn1. The molecule has 6 heteroatoms. The van der Waals surface area contributed by atoms with Crippen LogP contribution in [0.5, 0.6) is 0 Å². The van der Waals surface area contributed by atoms with Gasteiger partial charge in [-0.15, -0.1) is 0 Å². The summed E-state index contributed by atoms with van der Waals surface area (Å²) < 4.78 is 0. The molecule has 0 aliphatic heterocycles. The zero-order valence-corrected chi connectivity index (χ0v) is 12.4. The molecule has 20 heavy (non-hydrogen) atoms. The van der Waals surface area contributed by atoms with E-state index in [0.29, 0.717) is 24.3 Å². The van der Waals surface area contributed by atoms with Crippen molar-refractivity contribution in [1.82, 2.24) is 15.2 Å². The fourth-order valence-corrected chi connectivity index (χ4v) is 1.58. The first kappa shape index (κ1) is 15.9. The molecular weight excluding hydrogens is 256 g/mol. The van der Waals surface area contributed by atoms with Crippen LogP contribution >= 0.6 is 0 Å². The Morgan fingerprint density at radius 3 is 2.50 bits per heavy atom. The molecule has 2 N–H and O–H groups in total. The Morgan fingerprint density at radius 1 is 1.30 bits per heavy atom. The molecule has 6 nitrogen and oxygen atoms in total. The molecule has 0 fully saturated rings. The van der Waals surface area contributed by atoms with Gasteiger partial charge in [0, 0.05) is 39.3 Å². The van der Waals surface area contributed by atoms with E-state index in [1.54, 1.807) is 26.2 Å². The van der Waals surface area contributed by atoms with Crippen LogP contribution in [0.3, 0.4) is 0 Å². The van der Waals surface area contributed by atoms with Crippen LogP contribution < -0.4 is 10.6 Å². The minimum Gasteiger partial charge on any atom is -0.370 e. The van der Waals surface area contributed by atoms with E-state index >= 15 is 0 Å². The zero-order chi connectivity index (χ0) is 15.1. The highest BCUT2D eigenvalue weighted by molar-refractivity contribution is 5.93. The van der Waals surface area contributed by atoms with Crippen molar-refractivity contribution in [3.05, 3.63) is 23.9 Å². The number of nitrogens with zero attached hydrogens (tertiary/aromatic N) is 2. The summed E-state index contributed by atoms with van der Waals surface area (Å²) in [6.07, 6.45) is 1.91. The largest absolute Gasteiger partial charge is 0.370 e. The summed E-state index contributed by atoms with van der Waals surface area (Å²) in [6.45, 7) is 4.35. The zero-order valence-electron chi connectivity index (χ0n) is 12.4. The molecule has 110 valence electrons. The van der Waals surface area contributed by atoms with Gasteiger partial charge in [0.15, 0.2) is 0 Å². The van der Waals surface area contributed by atoms with Crippen LogP contribution in [0.15, 0.2) is 18.3 Å². The molecule has 1 heterocycles. The van der Waals surface area contributed by atoms with Crippen molar-refractivity contribution >= 4 is 17.6 Å². The lowest BCUT2D eigenvalue weighted by atomic mass is 10.2. The van der Waals surface area contributed by atoms with Gasteiger partial charge in [0.2, 0.25) is 5.91 Å². The highest BCUT2D eigenvalue weighted by Crippen LogP contribution is 2.06. The summed E-state index contributed by atoms with van der Waals surface area (Å²) in [5.41, 5.74) is 0.540. The van der Waals surface area contributed by atoms with Crippen LogP contribution in [-0.2, 0) is 4.79 Å². The molecule has 0 spiro atoms. The Kier molecular flexibility index (Phi) is 5.96. The number of hydrogen-bond donors (Lipinski definition) is 2. The van der Waals surface area contributed by atoms with Gasteiger partial charge in [-0.1, -0.05) is 0 Å². The summed E-state index contributed by atoms with van der Waals surface area (Å²) in [6, 6.07) is 3.60. The molecule has 2 amide bonds. The monoisotopic (exact) mass is 278 g/mol. The fraction of sp³-hybridized carbons (Fsp3) is 0.500. The Labute approximate surface area is 119 Å². The maximum absolute atomic E-state index is 11.7. The first-order valence-electron chi connectivity index (χ1n) is 6.61. The molecular formula is C14H22N4O2. The first-order valence-corrected chi connectivity index (χ1v) is 6.61. The van der Waals surface area contributed by atoms with Crippen molar-refractivity contribution in [2.45, 2.75) is 26.3 Å². The van der Waals surface area contributed by atoms with E-state index in [1.807, 2.05) is 13.8 Å². The molecule has 0 aromatic carbocycles. The standard InChI is InChI=1S/C14H22N4O2/c1-10(2)17-13(19)7-8-15-12-6-5-11(9-16-12)14(20)18(3)4/h5-6,9-10H,7-8H2,1-4H3,(H,15,16)(H,17,19). The lowest BCUT2D eigenvalue weighted by molar-refractivity contribution is -0.121. The van der Waals surface area contributed by atoms with Crippen LogP contribution in [0, 0.1) is 0 Å². The molecule has 0 unspecified atom stereocenters. The van der Waals surface area contributed by atoms with E-state index in [1.165, 1.54) is 11.1 Å². The van der Waals surface area contributed by atoms with Crippen LogP contribution in [0.4, 0.5) is 5.82 Å². The fourth-order valence-electron chi connectivity index (χ4n) is 1.58. The first-order chi connectivity index (χ1) is 9.40. The average Bonchev–Trinajstić information content (AvgIpc) is 2.37. The van der Waals surface area contributed by atoms with Gasteiger partial charge in [-0.05, 0) is 26.0 Å². The maximum atomic E-state index is 11.7. The second-order valence-corrected chi connectivity index (χ2v) is 5.03. The van der Waals surface area contributed by atoms with E-state index in [2.05, 4.69) is 15.6 Å². The number of pyridine rings is 1. The van der Waals surface area contributed by atoms with Gasteiger partial charge in [-0.25, -0.2) is 4.98 Å². The van der Waals surface area contributed by atoms with Crippen LogP contribution in [0.1, 0.15) is 30.6 Å². The highest BCUT2D eigenvalue weighted by Gasteiger charge is 2.08. The summed E-state index contributed by atoms with van der Waals surface area (Å²) in [4.78, 5) is 28.8. The second kappa shape index (κ2) is 7.47. The molecule has 1 rings (SSSR count). The van der Waals surface area contributed by atoms with Gasteiger partial charge in [0.1, 0.15) is 5.82 Å². The number of amides is 2. The van der Waals surface area contributed by atoms with Gasteiger partial charge in [0.25, 0.3) is 5.91 Å². The van der Waals surface area contributed by atoms with Crippen LogP contribution in [-0.4, -0.2) is 48.4 Å². The Bertz CT molecular complexity index is 455. The number of aromatic nitrogens is 1. The van der Waals surface area contributed by atoms with Crippen molar-refractivity contribution in [3.63, 3.8) is 0 Å². The summed E-state index contributed by atoms with van der Waals surface area (Å²) in [7, 11) is 3.39. The van der Waals surface area contributed by atoms with Crippen molar-refractivity contribution in [2.75, 3.05) is 26.0 Å². The van der Waals surface area contributed by atoms with Crippen molar-refractivity contribution in [2.24, 2.45) is 0 Å². The van der Waals surface area contributed by atoms with E-state index in [-0.39, 0.29) is 17.9 Å². The molecule has 0 aliphatic rings. The highest BCUT2D eigenvalue weighted by atomic mass is 16.2. The molecule has 0 saturated heterocycles. The third-order valence-corrected chi connectivity index (χ3v) is 2.52. The Morgan fingerprint density at radius 2 is 2.00 bits per heavy atom. The number of rotatable bonds is 6. The number of anilines is 1. The van der Waals surface area contributed by atoms with E-state index in [4.69, 9.17) is 0 Å². The molecule has 0 bridgehead atoms. The van der Waals surface area contributed by atoms with E-state index in [0.717, 1.165) is 0 Å². The van der Waals surface area contributed by atoms with Crippen LogP contribution in [0.25, 0.3) is 0 Å². The van der Waals surface area contributed by atoms with Crippen molar-refractivity contribution in [3.8, 4) is 0 Å². The molecule has 0 aliphatic carbocycles. The molecule has 0 radical (unpaired) electrons. The van der Waals surface area contributed by atoms with E-state index < -0.39 is 0 Å². The van der Waals surface area contributed by atoms with Crippen molar-refractivity contribution in [1.29, 1.82) is 0 Å². The minimum absolute atomic E-state index is 0.00639. The predicted molar refractivity (Wildman–Crippen MR) is 78.6 cm³/mol. The average molecular weight is 278 g/mol. The third kappa shape index (κ3) is 5.26. The summed E-state index contributed by atoms with van der Waals surface area (Å²) in [5, 5.41) is 5.86. The molecule has 0 saturated carbocycles. The smallest absolute Gasteiger partial charge is 0.254 e. The molecule has 1 aromatic rings. The number of nitrogens with one attached hydrogen (secondary N) is 2. The second-order valence-electron chi connectivity index (χ2n) is 5.03. The third-order valence-electron chi connectivity index (χ3n) is 2.52. The van der Waals surface area contributed by atoms with Gasteiger partial charge in [0.05, 0.1) is 5.56 Å². The summed E-state index contributed by atoms with van der Waals surface area (Å²) >= 11 is 0. The maximum Gasteiger partial charge on any atom is 0.254 e. The quantitative estimate of drug-likeness (QED) is 0.817. The number of carbonyl (C=O) groups is 2. The van der Waals surface area contributed by atoms with Gasteiger partial charge in [-0.3, -0.25) is 9.59 Å². The van der Waals surface area contributed by atoms with Crippen LogP contribution in [0.2, 0.25) is 0 Å². The van der Waals surface area contributed by atoms with Gasteiger partial charge < -0.3 is 15.5 Å². The lowest BCUT2D eigenvalue weighted by Crippen LogP contribution is -2.31. The molecule has 1 aromatic heterocycles. The normalized spacial score (nSPS) is 10.2. The summed E-state index contributed by atoms with van der Waals surface area (Å²) in [5.74, 6) is 0.574. The van der Waals surface area contributed by atoms with Gasteiger partial charge in [-0.2, -0.15) is 0 Å². The van der Waals surface area contributed by atoms with Gasteiger partial charge >= 0.3 is 0 Å². The Balaban J connectivity index is 2.42. The topological polar surface area (TPSA) is 74.3 Å². The number of carbonyl (C=O) groups excluding carboxylic acids is 2. The van der Waals surface area contributed by atoms with Crippen molar-refractivity contribution < 1.29 is 9.59 Å². The Hall–Kier alpha value is -2.11. The predicted octanol–water partition coefficient (Wildman–Crippen LogP) is 1.11. The molecule has 0 atom stereocenters. The lowest BCUT2D eigenvalue weighted by Gasteiger charge is -2.11. The van der Waals surface area contributed by atoms with E-state index in [9.17, 15) is 9.59 Å².